The van der Waals surface area contributed by atoms with Crippen molar-refractivity contribution >= 4 is 96.8 Å². The number of furan rings is 1. The molecule has 0 N–H and O–H groups in total. The van der Waals surface area contributed by atoms with Crippen molar-refractivity contribution < 1.29 is 4.42 Å². The van der Waals surface area contributed by atoms with Crippen LogP contribution in [-0.2, 0) is 0 Å². The predicted octanol–water partition coefficient (Wildman–Crippen LogP) is 11.3. The highest BCUT2D eigenvalue weighted by molar-refractivity contribution is 7.27. The van der Waals surface area contributed by atoms with Gasteiger partial charge in [0.15, 0.2) is 0 Å². The minimum atomic E-state index is 0.884. The second-order valence-electron chi connectivity index (χ2n) is 10.7. The van der Waals surface area contributed by atoms with Crippen molar-refractivity contribution in [2.24, 2.45) is 0 Å². The van der Waals surface area contributed by atoms with Crippen molar-refractivity contribution in [3.63, 3.8) is 0 Å². The third-order valence-electron chi connectivity index (χ3n) is 8.45. The van der Waals surface area contributed by atoms with Crippen LogP contribution in [0.4, 0.5) is 0 Å². The fourth-order valence-corrected chi connectivity index (χ4v) is 8.97. The molecular formula is C37H20N2OS2. The lowest BCUT2D eigenvalue weighted by Crippen LogP contribution is -1.95. The van der Waals surface area contributed by atoms with E-state index < -0.39 is 0 Å². The SMILES string of the molecule is c1ccc2c(c1)oc1ccc3sc(-c4ccc(-n5c6ccccc6c6ccccc65)c5c4sc4ccccc45)nc3c12. The zero-order chi connectivity index (χ0) is 27.4. The van der Waals surface area contributed by atoms with Crippen LogP contribution < -0.4 is 0 Å². The summed E-state index contributed by atoms with van der Waals surface area (Å²) in [6, 6.07) is 43.3. The smallest absolute Gasteiger partial charge is 0.137 e. The van der Waals surface area contributed by atoms with Gasteiger partial charge in [0.1, 0.15) is 16.2 Å². The van der Waals surface area contributed by atoms with Crippen LogP contribution in [0.5, 0.6) is 0 Å². The van der Waals surface area contributed by atoms with Gasteiger partial charge in [-0.3, -0.25) is 0 Å². The summed E-state index contributed by atoms with van der Waals surface area (Å²) in [6.45, 7) is 0. The zero-order valence-corrected chi connectivity index (χ0v) is 23.8. The van der Waals surface area contributed by atoms with Gasteiger partial charge in [-0.1, -0.05) is 72.8 Å². The summed E-state index contributed by atoms with van der Waals surface area (Å²) in [5, 5.41) is 8.34. The third-order valence-corrected chi connectivity index (χ3v) is 10.7. The third kappa shape index (κ3) is 2.96. The predicted molar refractivity (Wildman–Crippen MR) is 180 cm³/mol. The summed E-state index contributed by atoms with van der Waals surface area (Å²) >= 11 is 3.62. The monoisotopic (exact) mass is 572 g/mol. The Morgan fingerprint density at radius 2 is 1.21 bits per heavy atom. The van der Waals surface area contributed by atoms with Crippen molar-refractivity contribution in [2.45, 2.75) is 0 Å². The number of aromatic nitrogens is 2. The number of nitrogens with zero attached hydrogens (tertiary/aromatic N) is 2. The normalized spacial score (nSPS) is 12.3. The Hall–Kier alpha value is -4.97. The molecule has 196 valence electrons. The minimum Gasteiger partial charge on any atom is -0.456 e. The van der Waals surface area contributed by atoms with Gasteiger partial charge in [0.25, 0.3) is 0 Å². The van der Waals surface area contributed by atoms with Crippen LogP contribution >= 0.6 is 22.7 Å². The summed E-state index contributed by atoms with van der Waals surface area (Å²) in [5.41, 5.74) is 7.62. The highest BCUT2D eigenvalue weighted by Gasteiger charge is 2.21. The first-order valence-corrected chi connectivity index (χ1v) is 15.6. The summed E-state index contributed by atoms with van der Waals surface area (Å²) in [7, 11) is 0. The first-order valence-electron chi connectivity index (χ1n) is 14.0. The van der Waals surface area contributed by atoms with Crippen LogP contribution in [0, 0.1) is 0 Å². The molecule has 0 radical (unpaired) electrons. The van der Waals surface area contributed by atoms with Crippen molar-refractivity contribution in [3.8, 4) is 16.3 Å². The fourth-order valence-electron chi connectivity index (χ4n) is 6.66. The van der Waals surface area contributed by atoms with E-state index >= 15 is 0 Å². The van der Waals surface area contributed by atoms with E-state index in [-0.39, 0.29) is 0 Å². The summed E-state index contributed by atoms with van der Waals surface area (Å²) < 4.78 is 12.3. The lowest BCUT2D eigenvalue weighted by Gasteiger charge is -2.12. The Labute approximate surface area is 247 Å². The number of hydrogen-bond donors (Lipinski definition) is 0. The molecule has 0 bridgehead atoms. The Kier molecular flexibility index (Phi) is 4.48. The standard InChI is InChI=1S/C37H20N2OS2/c1-5-13-26-21(9-1)22-10-2-6-14-27(22)39(26)28-18-17-25(36-33(28)24-12-4-8-16-31(24)41-36)37-38-35-32(42-37)20-19-30-34(35)23-11-3-7-15-29(23)40-30/h1-20H. The van der Waals surface area contributed by atoms with Crippen LogP contribution in [0.15, 0.2) is 126 Å². The molecule has 0 saturated heterocycles. The van der Waals surface area contributed by atoms with Crippen molar-refractivity contribution in [2.75, 3.05) is 0 Å². The number of benzene rings is 6. The summed E-state index contributed by atoms with van der Waals surface area (Å²) in [6.07, 6.45) is 0. The van der Waals surface area contributed by atoms with E-state index in [4.69, 9.17) is 9.40 Å². The summed E-state index contributed by atoms with van der Waals surface area (Å²) in [5.74, 6) is 0. The second kappa shape index (κ2) is 8.29. The van der Waals surface area contributed by atoms with E-state index in [0.29, 0.717) is 0 Å². The molecule has 0 unspecified atom stereocenters. The van der Waals surface area contributed by atoms with E-state index in [1.54, 1.807) is 11.3 Å². The molecule has 10 rings (SSSR count). The number of para-hydroxylation sites is 3. The van der Waals surface area contributed by atoms with Gasteiger partial charge in [0, 0.05) is 41.9 Å². The molecule has 0 fully saturated rings. The lowest BCUT2D eigenvalue weighted by molar-refractivity contribution is 0.669. The zero-order valence-electron chi connectivity index (χ0n) is 22.2. The molecule has 42 heavy (non-hydrogen) atoms. The molecule has 0 amide bonds. The molecule has 10 aromatic rings. The van der Waals surface area contributed by atoms with Crippen LogP contribution in [0.25, 0.3) is 90.4 Å². The maximum Gasteiger partial charge on any atom is 0.137 e. The van der Waals surface area contributed by atoms with Crippen LogP contribution in [0.1, 0.15) is 0 Å². The lowest BCUT2D eigenvalue weighted by atomic mass is 10.1. The molecule has 4 aromatic heterocycles. The molecular weight excluding hydrogens is 553 g/mol. The number of thiazole rings is 1. The maximum absolute atomic E-state index is 6.18. The molecule has 0 atom stereocenters. The van der Waals surface area contributed by atoms with Crippen molar-refractivity contribution in [1.82, 2.24) is 9.55 Å². The van der Waals surface area contributed by atoms with Crippen LogP contribution in [0.2, 0.25) is 0 Å². The Morgan fingerprint density at radius 3 is 2.02 bits per heavy atom. The summed E-state index contributed by atoms with van der Waals surface area (Å²) in [4.78, 5) is 5.30. The Balaban J connectivity index is 1.31. The van der Waals surface area contributed by atoms with Gasteiger partial charge in [0.05, 0.1) is 32.3 Å². The molecule has 3 nitrogen and oxygen atoms in total. The van der Waals surface area contributed by atoms with Gasteiger partial charge >= 0.3 is 0 Å². The van der Waals surface area contributed by atoms with E-state index in [0.717, 1.165) is 32.5 Å². The van der Waals surface area contributed by atoms with Crippen molar-refractivity contribution in [1.29, 1.82) is 0 Å². The number of hydrogen-bond acceptors (Lipinski definition) is 4. The Bertz CT molecular complexity index is 2650. The number of thiophene rings is 1. The van der Waals surface area contributed by atoms with E-state index in [1.165, 1.54) is 57.9 Å². The van der Waals surface area contributed by atoms with Gasteiger partial charge < -0.3 is 8.98 Å². The van der Waals surface area contributed by atoms with Gasteiger partial charge in [-0.15, -0.1) is 22.7 Å². The minimum absolute atomic E-state index is 0.884. The van der Waals surface area contributed by atoms with Crippen LogP contribution in [0.3, 0.4) is 0 Å². The fraction of sp³-hybridized carbons (Fsp3) is 0. The number of rotatable bonds is 2. The first kappa shape index (κ1) is 22.7. The average molecular weight is 573 g/mol. The van der Waals surface area contributed by atoms with Crippen molar-refractivity contribution in [3.05, 3.63) is 121 Å². The molecule has 4 heterocycles. The second-order valence-corrected chi connectivity index (χ2v) is 12.8. The topological polar surface area (TPSA) is 31.0 Å². The average Bonchev–Trinajstić information content (AvgIpc) is 3.80. The van der Waals surface area contributed by atoms with Gasteiger partial charge in [-0.25, -0.2) is 4.98 Å². The molecule has 5 heteroatoms. The molecule has 0 aliphatic heterocycles. The van der Waals surface area contributed by atoms with E-state index in [9.17, 15) is 0 Å². The largest absolute Gasteiger partial charge is 0.456 e. The van der Waals surface area contributed by atoms with E-state index in [1.807, 2.05) is 23.5 Å². The number of fused-ring (bicyclic) bond motifs is 11. The Morgan fingerprint density at radius 1 is 0.524 bits per heavy atom. The van der Waals surface area contributed by atoms with Crippen LogP contribution in [-0.4, -0.2) is 9.55 Å². The van der Waals surface area contributed by atoms with Gasteiger partial charge in [0.2, 0.25) is 0 Å². The van der Waals surface area contributed by atoms with E-state index in [2.05, 4.69) is 114 Å². The molecule has 0 aliphatic carbocycles. The van der Waals surface area contributed by atoms with Gasteiger partial charge in [-0.2, -0.15) is 0 Å². The maximum atomic E-state index is 6.18. The molecule has 0 aliphatic rings. The molecule has 0 spiro atoms. The first-order chi connectivity index (χ1) is 20.8. The highest BCUT2D eigenvalue weighted by Crippen LogP contribution is 2.47. The molecule has 0 saturated carbocycles. The van der Waals surface area contributed by atoms with Gasteiger partial charge in [-0.05, 0) is 48.5 Å². The highest BCUT2D eigenvalue weighted by atomic mass is 32.1. The quantitative estimate of drug-likeness (QED) is 0.206. The molecule has 6 aromatic carbocycles.